The van der Waals surface area contributed by atoms with Gasteiger partial charge in [-0.05, 0) is 41.8 Å². The van der Waals surface area contributed by atoms with E-state index in [2.05, 4.69) is 4.90 Å². The molecule has 0 radical (unpaired) electrons. The number of ether oxygens (including phenoxy) is 4. The maximum atomic E-state index is 13.2. The van der Waals surface area contributed by atoms with Gasteiger partial charge in [-0.25, -0.2) is 4.79 Å². The number of rotatable bonds is 3. The Balaban J connectivity index is 1.44. The van der Waals surface area contributed by atoms with Gasteiger partial charge in [-0.1, -0.05) is 24.3 Å². The highest BCUT2D eigenvalue weighted by Crippen LogP contribution is 2.54. The fourth-order valence-corrected chi connectivity index (χ4v) is 5.64. The van der Waals surface area contributed by atoms with E-state index in [1.807, 2.05) is 30.4 Å². The Bertz CT molecular complexity index is 1100. The predicted octanol–water partition coefficient (Wildman–Crippen LogP) is 2.41. The van der Waals surface area contributed by atoms with E-state index in [9.17, 15) is 9.90 Å². The molecule has 1 fully saturated rings. The lowest BCUT2D eigenvalue weighted by atomic mass is 9.65. The fourth-order valence-electron chi connectivity index (χ4n) is 5.64. The molecule has 7 heteroatoms. The third-order valence-electron chi connectivity index (χ3n) is 7.00. The van der Waals surface area contributed by atoms with E-state index in [0.717, 1.165) is 16.9 Å². The molecular weight excluding hydrogens is 398 g/mol. The number of aliphatic hydroxyl groups is 1. The van der Waals surface area contributed by atoms with Crippen molar-refractivity contribution >= 4 is 5.97 Å². The molecule has 1 saturated heterocycles. The van der Waals surface area contributed by atoms with Crippen LogP contribution >= 0.6 is 0 Å². The summed E-state index contributed by atoms with van der Waals surface area (Å²) in [4.78, 5) is 15.5. The molecule has 6 rings (SSSR count). The van der Waals surface area contributed by atoms with Crippen LogP contribution in [0.1, 0.15) is 27.9 Å². The molecule has 4 aliphatic rings. The van der Waals surface area contributed by atoms with Gasteiger partial charge >= 0.3 is 5.97 Å². The Kier molecular flexibility index (Phi) is 4.07. The second kappa shape index (κ2) is 6.73. The normalized spacial score (nSPS) is 31.7. The largest absolute Gasteiger partial charge is 0.496 e. The van der Waals surface area contributed by atoms with Crippen molar-refractivity contribution < 1.29 is 28.8 Å². The van der Waals surface area contributed by atoms with Crippen molar-refractivity contribution in [3.8, 4) is 17.2 Å². The number of esters is 1. The minimum Gasteiger partial charge on any atom is -0.496 e. The lowest BCUT2D eigenvalue weighted by molar-refractivity contribution is 0.0198. The second-order valence-corrected chi connectivity index (χ2v) is 8.50. The first kappa shape index (κ1) is 18.7. The first-order valence-electron chi connectivity index (χ1n) is 10.5. The van der Waals surface area contributed by atoms with Gasteiger partial charge in [-0.2, -0.15) is 0 Å². The molecule has 5 atom stereocenters. The molecule has 7 nitrogen and oxygen atoms in total. The molecule has 0 amide bonds. The van der Waals surface area contributed by atoms with Crippen LogP contribution in [0.25, 0.3) is 0 Å². The SMILES string of the molecule is COc1ccccc1C(=O)O[C@H]1CN2Cc3cc4c(cc3[C@]13C=C[C@@H](O)C[C@H]23)OCO4. The lowest BCUT2D eigenvalue weighted by Crippen LogP contribution is -2.52. The van der Waals surface area contributed by atoms with Crippen molar-refractivity contribution in [2.24, 2.45) is 0 Å². The number of methoxy groups -OCH3 is 1. The van der Waals surface area contributed by atoms with Crippen LogP contribution in [-0.4, -0.2) is 54.7 Å². The van der Waals surface area contributed by atoms with E-state index in [-0.39, 0.29) is 12.8 Å². The molecule has 1 unspecified atom stereocenters. The average molecular weight is 421 g/mol. The number of carbonyl (C=O) groups excluding carboxylic acids is 1. The Morgan fingerprint density at radius 2 is 2.03 bits per heavy atom. The van der Waals surface area contributed by atoms with Gasteiger partial charge in [-0.15, -0.1) is 0 Å². The molecule has 2 bridgehead atoms. The van der Waals surface area contributed by atoms with Crippen LogP contribution in [0, 0.1) is 0 Å². The maximum absolute atomic E-state index is 13.2. The Morgan fingerprint density at radius 1 is 1.23 bits per heavy atom. The van der Waals surface area contributed by atoms with Gasteiger partial charge in [0, 0.05) is 19.1 Å². The second-order valence-electron chi connectivity index (χ2n) is 8.50. The Hall–Kier alpha value is -3.03. The summed E-state index contributed by atoms with van der Waals surface area (Å²) < 4.78 is 22.7. The van der Waals surface area contributed by atoms with Crippen molar-refractivity contribution in [1.29, 1.82) is 0 Å². The number of benzene rings is 2. The number of hydrogen-bond acceptors (Lipinski definition) is 7. The Morgan fingerprint density at radius 3 is 2.87 bits per heavy atom. The van der Waals surface area contributed by atoms with Gasteiger partial charge in [0.1, 0.15) is 17.4 Å². The summed E-state index contributed by atoms with van der Waals surface area (Å²) >= 11 is 0. The molecule has 0 spiro atoms. The topological polar surface area (TPSA) is 77.5 Å². The van der Waals surface area contributed by atoms with Crippen LogP contribution in [0.4, 0.5) is 0 Å². The van der Waals surface area contributed by atoms with E-state index < -0.39 is 23.6 Å². The first-order chi connectivity index (χ1) is 15.1. The van der Waals surface area contributed by atoms with Gasteiger partial charge in [0.15, 0.2) is 11.5 Å². The van der Waals surface area contributed by atoms with Crippen molar-refractivity contribution in [3.05, 3.63) is 65.2 Å². The van der Waals surface area contributed by atoms with Crippen LogP contribution in [0.3, 0.4) is 0 Å². The first-order valence-corrected chi connectivity index (χ1v) is 10.5. The highest BCUT2D eigenvalue weighted by molar-refractivity contribution is 5.92. The van der Waals surface area contributed by atoms with E-state index in [1.54, 1.807) is 25.3 Å². The predicted molar refractivity (Wildman–Crippen MR) is 110 cm³/mol. The van der Waals surface area contributed by atoms with E-state index in [0.29, 0.717) is 36.6 Å². The molecular formula is C24H23NO6. The molecule has 3 heterocycles. The Labute approximate surface area is 179 Å². The van der Waals surface area contributed by atoms with Crippen molar-refractivity contribution in [3.63, 3.8) is 0 Å². The summed E-state index contributed by atoms with van der Waals surface area (Å²) in [6, 6.07) is 11.2. The van der Waals surface area contributed by atoms with Gasteiger partial charge < -0.3 is 24.1 Å². The highest BCUT2D eigenvalue weighted by atomic mass is 16.7. The summed E-state index contributed by atoms with van der Waals surface area (Å²) in [5, 5.41) is 10.3. The summed E-state index contributed by atoms with van der Waals surface area (Å²) in [7, 11) is 1.54. The molecule has 1 aliphatic carbocycles. The maximum Gasteiger partial charge on any atom is 0.342 e. The van der Waals surface area contributed by atoms with Gasteiger partial charge in [0.2, 0.25) is 6.79 Å². The summed E-state index contributed by atoms with van der Waals surface area (Å²) in [5.74, 6) is 1.53. The quantitative estimate of drug-likeness (QED) is 0.602. The number of nitrogens with zero attached hydrogens (tertiary/aromatic N) is 1. The number of para-hydroxylation sites is 1. The number of fused-ring (bicyclic) bond motifs is 2. The number of carbonyl (C=O) groups is 1. The van der Waals surface area contributed by atoms with Gasteiger partial charge in [0.25, 0.3) is 0 Å². The van der Waals surface area contributed by atoms with Crippen LogP contribution < -0.4 is 14.2 Å². The number of hydrogen-bond donors (Lipinski definition) is 1. The standard InChI is InChI=1S/C24H23NO6/c1-28-18-5-3-2-4-16(18)23(27)31-22-12-25-11-14-8-19-20(30-13-29-19)10-17(14)24(22)7-6-15(26)9-21(24)25/h2-8,10,15,21-22,26H,9,11-13H2,1H3/t15-,21+,22+,24+/m1/s1. The lowest BCUT2D eigenvalue weighted by Gasteiger charge is -2.46. The van der Waals surface area contributed by atoms with Crippen LogP contribution in [0.5, 0.6) is 17.2 Å². The zero-order chi connectivity index (χ0) is 21.2. The zero-order valence-corrected chi connectivity index (χ0v) is 17.1. The zero-order valence-electron chi connectivity index (χ0n) is 17.1. The number of aliphatic hydroxyl groups excluding tert-OH is 1. The van der Waals surface area contributed by atoms with Crippen LogP contribution in [0.2, 0.25) is 0 Å². The van der Waals surface area contributed by atoms with Crippen LogP contribution in [0.15, 0.2) is 48.6 Å². The van der Waals surface area contributed by atoms with E-state index >= 15 is 0 Å². The third kappa shape index (κ3) is 2.63. The summed E-state index contributed by atoms with van der Waals surface area (Å²) in [5.41, 5.74) is 2.07. The molecule has 2 aromatic rings. The molecule has 1 N–H and O–H groups in total. The smallest absolute Gasteiger partial charge is 0.342 e. The minimum atomic E-state index is -0.550. The van der Waals surface area contributed by atoms with Gasteiger partial charge in [0.05, 0.1) is 18.6 Å². The summed E-state index contributed by atoms with van der Waals surface area (Å²) in [6.45, 7) is 1.50. The van der Waals surface area contributed by atoms with Crippen LogP contribution in [-0.2, 0) is 16.7 Å². The third-order valence-corrected chi connectivity index (χ3v) is 7.00. The van der Waals surface area contributed by atoms with Crippen molar-refractivity contribution in [2.75, 3.05) is 20.4 Å². The molecule has 31 heavy (non-hydrogen) atoms. The molecule has 160 valence electrons. The highest BCUT2D eigenvalue weighted by Gasteiger charge is 2.60. The van der Waals surface area contributed by atoms with E-state index in [1.165, 1.54) is 0 Å². The van der Waals surface area contributed by atoms with Gasteiger partial charge in [-0.3, -0.25) is 4.90 Å². The molecule has 2 aromatic carbocycles. The summed E-state index contributed by atoms with van der Waals surface area (Å²) in [6.07, 6.45) is 3.53. The molecule has 0 saturated carbocycles. The molecule has 0 aromatic heterocycles. The molecule has 3 aliphatic heterocycles. The van der Waals surface area contributed by atoms with Crippen molar-refractivity contribution in [2.45, 2.75) is 36.6 Å². The fraction of sp³-hybridized carbons (Fsp3) is 0.375. The van der Waals surface area contributed by atoms with Crippen molar-refractivity contribution in [1.82, 2.24) is 4.90 Å². The minimum absolute atomic E-state index is 0.0378. The monoisotopic (exact) mass is 421 g/mol. The average Bonchev–Trinajstić information content (AvgIpc) is 3.32. The van der Waals surface area contributed by atoms with E-state index in [4.69, 9.17) is 18.9 Å².